The van der Waals surface area contributed by atoms with Crippen molar-refractivity contribution in [3.63, 3.8) is 0 Å². The molecule has 25 heavy (non-hydrogen) atoms. The fraction of sp³-hybridized carbons (Fsp3) is 0.167. The minimum atomic E-state index is -0.713. The van der Waals surface area contributed by atoms with Crippen molar-refractivity contribution in [3.05, 3.63) is 59.1 Å². The third-order valence-corrected chi connectivity index (χ3v) is 3.44. The zero-order valence-corrected chi connectivity index (χ0v) is 14.2. The highest BCUT2D eigenvalue weighted by Crippen LogP contribution is 2.22. The van der Waals surface area contributed by atoms with Gasteiger partial charge in [-0.3, -0.25) is 9.59 Å². The third kappa shape index (κ3) is 5.61. The number of hydrogen-bond acceptors (Lipinski definition) is 5. The van der Waals surface area contributed by atoms with E-state index in [2.05, 4.69) is 5.32 Å². The lowest BCUT2D eigenvalue weighted by molar-refractivity contribution is -0.149. The zero-order valence-electron chi connectivity index (χ0n) is 13.5. The summed E-state index contributed by atoms with van der Waals surface area (Å²) in [6.07, 6.45) is 0. The van der Waals surface area contributed by atoms with Gasteiger partial charge in [0.05, 0.1) is 10.7 Å². The molecular formula is C18H16ClNO5. The summed E-state index contributed by atoms with van der Waals surface area (Å²) in [6.45, 7) is 0.537. The Morgan fingerprint density at radius 1 is 1.00 bits per heavy atom. The highest BCUT2D eigenvalue weighted by Gasteiger charge is 2.12. The van der Waals surface area contributed by atoms with Crippen molar-refractivity contribution in [2.24, 2.45) is 0 Å². The van der Waals surface area contributed by atoms with Gasteiger partial charge in [-0.2, -0.15) is 0 Å². The second-order valence-corrected chi connectivity index (χ2v) is 5.44. The number of carbonyl (C=O) groups excluding carboxylic acids is 3. The SMILES string of the molecule is CC(=O)c1ccccc1NC(=O)COC(=O)COc1ccccc1Cl. The van der Waals surface area contributed by atoms with Crippen LogP contribution in [0.25, 0.3) is 0 Å². The van der Waals surface area contributed by atoms with Gasteiger partial charge in [0.15, 0.2) is 19.0 Å². The number of ketones is 1. The minimum absolute atomic E-state index is 0.180. The van der Waals surface area contributed by atoms with E-state index >= 15 is 0 Å². The number of esters is 1. The molecule has 2 aromatic rings. The van der Waals surface area contributed by atoms with Crippen LogP contribution in [0, 0.1) is 0 Å². The fourth-order valence-corrected chi connectivity index (χ4v) is 2.16. The number of ether oxygens (including phenoxy) is 2. The first kappa shape index (κ1) is 18.5. The summed E-state index contributed by atoms with van der Waals surface area (Å²) in [7, 11) is 0. The second kappa shape index (κ2) is 8.84. The molecule has 0 unspecified atom stereocenters. The molecule has 0 fully saturated rings. The van der Waals surface area contributed by atoms with Gasteiger partial charge in [0.2, 0.25) is 0 Å². The fourth-order valence-electron chi connectivity index (χ4n) is 1.97. The van der Waals surface area contributed by atoms with Crippen LogP contribution in [0.3, 0.4) is 0 Å². The monoisotopic (exact) mass is 361 g/mol. The molecule has 2 rings (SSSR count). The molecule has 0 saturated carbocycles. The summed E-state index contributed by atoms with van der Waals surface area (Å²) < 4.78 is 10.1. The molecule has 0 aliphatic rings. The number of benzene rings is 2. The van der Waals surface area contributed by atoms with E-state index in [9.17, 15) is 14.4 Å². The topological polar surface area (TPSA) is 81.7 Å². The number of rotatable bonds is 7. The predicted molar refractivity (Wildman–Crippen MR) is 93.0 cm³/mol. The van der Waals surface area contributed by atoms with Gasteiger partial charge in [-0.25, -0.2) is 4.79 Å². The molecule has 7 heteroatoms. The first-order valence-corrected chi connectivity index (χ1v) is 7.78. The number of carbonyl (C=O) groups is 3. The molecule has 0 aromatic heterocycles. The lowest BCUT2D eigenvalue weighted by atomic mass is 10.1. The summed E-state index contributed by atoms with van der Waals surface area (Å²) in [5.74, 6) is -1.10. The highest BCUT2D eigenvalue weighted by molar-refractivity contribution is 6.32. The molecule has 0 spiro atoms. The number of Topliss-reactive ketones (excluding diaryl/α,β-unsaturated/α-hetero) is 1. The van der Waals surface area contributed by atoms with Crippen molar-refractivity contribution < 1.29 is 23.9 Å². The molecule has 130 valence electrons. The van der Waals surface area contributed by atoms with Crippen molar-refractivity contribution in [1.82, 2.24) is 0 Å². The van der Waals surface area contributed by atoms with Crippen molar-refractivity contribution in [2.75, 3.05) is 18.5 Å². The Kier molecular flexibility index (Phi) is 6.54. The van der Waals surface area contributed by atoms with Gasteiger partial charge in [0.25, 0.3) is 5.91 Å². The van der Waals surface area contributed by atoms with Gasteiger partial charge in [0.1, 0.15) is 5.75 Å². The Morgan fingerprint density at radius 3 is 2.40 bits per heavy atom. The second-order valence-electron chi connectivity index (χ2n) is 5.03. The summed E-state index contributed by atoms with van der Waals surface area (Å²) in [5, 5.41) is 2.90. The van der Waals surface area contributed by atoms with Gasteiger partial charge < -0.3 is 14.8 Å². The average molecular weight is 362 g/mol. The van der Waals surface area contributed by atoms with Crippen LogP contribution in [-0.4, -0.2) is 30.9 Å². The van der Waals surface area contributed by atoms with Crippen molar-refractivity contribution >= 4 is 34.9 Å². The lowest BCUT2D eigenvalue weighted by Crippen LogP contribution is -2.24. The molecule has 2 aromatic carbocycles. The summed E-state index contributed by atoms with van der Waals surface area (Å²) in [6, 6.07) is 13.3. The zero-order chi connectivity index (χ0) is 18.2. The van der Waals surface area contributed by atoms with E-state index < -0.39 is 18.5 Å². The molecule has 0 atom stereocenters. The molecule has 0 saturated heterocycles. The van der Waals surface area contributed by atoms with Crippen LogP contribution in [0.4, 0.5) is 5.69 Å². The van der Waals surface area contributed by atoms with Crippen molar-refractivity contribution in [3.8, 4) is 5.75 Å². The molecule has 1 N–H and O–H groups in total. The van der Waals surface area contributed by atoms with E-state index in [0.29, 0.717) is 22.0 Å². The molecular weight excluding hydrogens is 346 g/mol. The normalized spacial score (nSPS) is 10.0. The number of halogens is 1. The average Bonchev–Trinajstić information content (AvgIpc) is 2.59. The van der Waals surface area contributed by atoms with E-state index in [-0.39, 0.29) is 12.4 Å². The molecule has 6 nitrogen and oxygen atoms in total. The first-order valence-electron chi connectivity index (χ1n) is 7.40. The van der Waals surface area contributed by atoms with Gasteiger partial charge in [-0.15, -0.1) is 0 Å². The van der Waals surface area contributed by atoms with Crippen LogP contribution < -0.4 is 10.1 Å². The molecule has 0 aliphatic heterocycles. The Morgan fingerprint density at radius 2 is 1.68 bits per heavy atom. The number of hydrogen-bond donors (Lipinski definition) is 1. The molecule has 1 amide bonds. The van der Waals surface area contributed by atoms with Gasteiger partial charge in [-0.05, 0) is 31.2 Å². The van der Waals surface area contributed by atoms with E-state index in [1.54, 1.807) is 48.5 Å². The summed E-state index contributed by atoms with van der Waals surface area (Å²) in [4.78, 5) is 35.0. The third-order valence-electron chi connectivity index (χ3n) is 3.13. The summed E-state index contributed by atoms with van der Waals surface area (Å²) >= 11 is 5.90. The minimum Gasteiger partial charge on any atom is -0.480 e. The van der Waals surface area contributed by atoms with Crippen LogP contribution in [0.15, 0.2) is 48.5 Å². The Balaban J connectivity index is 1.81. The largest absolute Gasteiger partial charge is 0.480 e. The van der Waals surface area contributed by atoms with Gasteiger partial charge in [0, 0.05) is 5.56 Å². The van der Waals surface area contributed by atoms with Crippen molar-refractivity contribution in [1.29, 1.82) is 0 Å². The molecule has 0 aliphatic carbocycles. The highest BCUT2D eigenvalue weighted by atomic mass is 35.5. The van der Waals surface area contributed by atoms with Crippen LogP contribution in [-0.2, 0) is 14.3 Å². The Bertz CT molecular complexity index is 791. The van der Waals surface area contributed by atoms with Gasteiger partial charge >= 0.3 is 5.97 Å². The van der Waals surface area contributed by atoms with Crippen molar-refractivity contribution in [2.45, 2.75) is 6.92 Å². The maximum atomic E-state index is 11.9. The van der Waals surface area contributed by atoms with E-state index in [0.717, 1.165) is 0 Å². The van der Waals surface area contributed by atoms with E-state index in [4.69, 9.17) is 21.1 Å². The standard InChI is InChI=1S/C18H16ClNO5/c1-12(21)13-6-2-4-8-15(13)20-17(22)10-25-18(23)11-24-16-9-5-3-7-14(16)19/h2-9H,10-11H2,1H3,(H,20,22). The molecule has 0 heterocycles. The molecule has 0 radical (unpaired) electrons. The van der Waals surface area contributed by atoms with Crippen LogP contribution in [0.1, 0.15) is 17.3 Å². The van der Waals surface area contributed by atoms with Crippen LogP contribution in [0.5, 0.6) is 5.75 Å². The Labute approximate surface area is 149 Å². The van der Waals surface area contributed by atoms with Gasteiger partial charge in [-0.1, -0.05) is 35.9 Å². The predicted octanol–water partition coefficient (Wildman–Crippen LogP) is 3.10. The lowest BCUT2D eigenvalue weighted by Gasteiger charge is -2.10. The smallest absolute Gasteiger partial charge is 0.344 e. The molecule has 0 bridgehead atoms. The van der Waals surface area contributed by atoms with Crippen LogP contribution >= 0.6 is 11.6 Å². The maximum absolute atomic E-state index is 11.9. The van der Waals surface area contributed by atoms with Crippen LogP contribution in [0.2, 0.25) is 5.02 Å². The summed E-state index contributed by atoms with van der Waals surface area (Å²) in [5.41, 5.74) is 0.743. The maximum Gasteiger partial charge on any atom is 0.344 e. The number of amides is 1. The van der Waals surface area contributed by atoms with E-state index in [1.807, 2.05) is 0 Å². The number of para-hydroxylation sites is 2. The first-order chi connectivity index (χ1) is 12.0. The Hall–Kier alpha value is -2.86. The quantitative estimate of drug-likeness (QED) is 0.605. The van der Waals surface area contributed by atoms with E-state index in [1.165, 1.54) is 6.92 Å². The number of anilines is 1. The number of nitrogens with one attached hydrogen (secondary N) is 1.